The van der Waals surface area contributed by atoms with Crippen molar-refractivity contribution in [2.75, 3.05) is 6.61 Å². The molecule has 2 unspecified atom stereocenters. The maximum Gasteiger partial charge on any atom is 0.208 e. The summed E-state index contributed by atoms with van der Waals surface area (Å²) in [5.74, 6) is -1.25. The second kappa shape index (κ2) is 5.47. The quantitative estimate of drug-likeness (QED) is 0.892. The summed E-state index contributed by atoms with van der Waals surface area (Å²) >= 11 is 0. The summed E-state index contributed by atoms with van der Waals surface area (Å²) in [6, 6.07) is 6.01. The lowest BCUT2D eigenvalue weighted by Crippen LogP contribution is -2.63. The van der Waals surface area contributed by atoms with Crippen molar-refractivity contribution in [1.82, 2.24) is 5.32 Å². The van der Waals surface area contributed by atoms with E-state index in [9.17, 15) is 5.11 Å². The molecule has 0 amide bonds. The second-order valence-corrected chi connectivity index (χ2v) is 6.63. The van der Waals surface area contributed by atoms with Crippen LogP contribution in [0.3, 0.4) is 0 Å². The van der Waals surface area contributed by atoms with E-state index in [4.69, 9.17) is 4.74 Å². The van der Waals surface area contributed by atoms with Crippen LogP contribution in [0, 0.1) is 6.92 Å². The minimum absolute atomic E-state index is 0.108. The van der Waals surface area contributed by atoms with Crippen LogP contribution in [0.2, 0.25) is 0 Å². The van der Waals surface area contributed by atoms with Crippen LogP contribution in [-0.2, 0) is 16.9 Å². The van der Waals surface area contributed by atoms with E-state index in [0.717, 1.165) is 18.4 Å². The fourth-order valence-electron chi connectivity index (χ4n) is 2.94. The van der Waals surface area contributed by atoms with Crippen LogP contribution in [0.25, 0.3) is 0 Å². The summed E-state index contributed by atoms with van der Waals surface area (Å²) in [6.45, 7) is 10.9. The molecule has 1 fully saturated rings. The van der Waals surface area contributed by atoms with Gasteiger partial charge in [0.05, 0.1) is 12.6 Å². The molecule has 1 aliphatic rings. The number of ether oxygens (including phenoxy) is 1. The van der Waals surface area contributed by atoms with Gasteiger partial charge in [-0.15, -0.1) is 0 Å². The Balaban J connectivity index is 2.28. The zero-order valence-electron chi connectivity index (χ0n) is 13.3. The van der Waals surface area contributed by atoms with E-state index >= 15 is 0 Å². The highest BCUT2D eigenvalue weighted by Crippen LogP contribution is 2.33. The van der Waals surface area contributed by atoms with Crippen LogP contribution in [0.4, 0.5) is 0 Å². The Hall–Kier alpha value is -0.900. The smallest absolute Gasteiger partial charge is 0.208 e. The predicted molar refractivity (Wildman–Crippen MR) is 81.7 cm³/mol. The predicted octanol–water partition coefficient (Wildman–Crippen LogP) is 2.88. The molecule has 0 spiro atoms. The largest absolute Gasteiger partial charge is 0.361 e. The first kappa shape index (κ1) is 15.5. The van der Waals surface area contributed by atoms with E-state index in [2.05, 4.69) is 45.1 Å². The summed E-state index contributed by atoms with van der Waals surface area (Å²) in [5.41, 5.74) is 3.29. The lowest BCUT2D eigenvalue weighted by atomic mass is 9.90. The molecule has 1 saturated heterocycles. The topological polar surface area (TPSA) is 41.5 Å². The molecule has 3 heteroatoms. The number of benzene rings is 1. The summed E-state index contributed by atoms with van der Waals surface area (Å²) in [7, 11) is 0. The van der Waals surface area contributed by atoms with Gasteiger partial charge >= 0.3 is 0 Å². The van der Waals surface area contributed by atoms with E-state index in [0.29, 0.717) is 6.61 Å². The Morgan fingerprint density at radius 3 is 2.65 bits per heavy atom. The fourth-order valence-corrected chi connectivity index (χ4v) is 2.94. The molecule has 1 heterocycles. The molecule has 3 nitrogen and oxygen atoms in total. The Kier molecular flexibility index (Phi) is 4.24. The Bertz CT molecular complexity index is 484. The van der Waals surface area contributed by atoms with Crippen LogP contribution < -0.4 is 5.32 Å². The molecule has 1 aromatic carbocycles. The van der Waals surface area contributed by atoms with E-state index in [1.165, 1.54) is 11.1 Å². The number of aryl methyl sites for hydroxylation is 2. The third-order valence-electron chi connectivity index (χ3n) is 4.12. The molecule has 2 atom stereocenters. The maximum absolute atomic E-state index is 10.9. The molecule has 2 N–H and O–H groups in total. The average molecular weight is 277 g/mol. The minimum atomic E-state index is -1.25. The van der Waals surface area contributed by atoms with E-state index in [1.54, 1.807) is 0 Å². The zero-order chi connectivity index (χ0) is 15.0. The third-order valence-corrected chi connectivity index (χ3v) is 4.12. The van der Waals surface area contributed by atoms with Crippen LogP contribution in [0.15, 0.2) is 18.2 Å². The lowest BCUT2D eigenvalue weighted by molar-refractivity contribution is -0.263. The van der Waals surface area contributed by atoms with Gasteiger partial charge in [0.15, 0.2) is 0 Å². The molecule has 2 rings (SSSR count). The van der Waals surface area contributed by atoms with Gasteiger partial charge in [0.25, 0.3) is 0 Å². The van der Waals surface area contributed by atoms with Gasteiger partial charge in [0, 0.05) is 11.1 Å². The summed E-state index contributed by atoms with van der Waals surface area (Å²) in [5, 5.41) is 14.3. The summed E-state index contributed by atoms with van der Waals surface area (Å²) in [6.07, 6.45) is 2.21. The fraction of sp³-hybridized carbons (Fsp3) is 0.647. The van der Waals surface area contributed by atoms with E-state index in [-0.39, 0.29) is 11.6 Å². The van der Waals surface area contributed by atoms with Crippen molar-refractivity contribution in [2.24, 2.45) is 0 Å². The van der Waals surface area contributed by atoms with Gasteiger partial charge in [-0.05, 0) is 45.2 Å². The van der Waals surface area contributed by atoms with Crippen molar-refractivity contribution in [3.63, 3.8) is 0 Å². The number of rotatable bonds is 3. The number of morpholine rings is 1. The summed E-state index contributed by atoms with van der Waals surface area (Å²) in [4.78, 5) is 0. The Labute approximate surface area is 122 Å². The maximum atomic E-state index is 10.9. The molecule has 0 saturated carbocycles. The molecule has 20 heavy (non-hydrogen) atoms. The lowest BCUT2D eigenvalue weighted by Gasteiger charge is -2.46. The van der Waals surface area contributed by atoms with Crippen molar-refractivity contribution in [1.29, 1.82) is 0 Å². The number of nitrogens with one attached hydrogen (secondary N) is 1. The molecule has 112 valence electrons. The van der Waals surface area contributed by atoms with Crippen LogP contribution in [-0.4, -0.2) is 23.3 Å². The Morgan fingerprint density at radius 2 is 2.10 bits per heavy atom. The number of hydrogen-bond acceptors (Lipinski definition) is 3. The monoisotopic (exact) mass is 277 g/mol. The van der Waals surface area contributed by atoms with E-state index in [1.807, 2.05) is 13.0 Å². The number of aliphatic hydroxyl groups is 1. The van der Waals surface area contributed by atoms with Gasteiger partial charge in [-0.1, -0.05) is 31.5 Å². The molecule has 0 radical (unpaired) electrons. The second-order valence-electron chi connectivity index (χ2n) is 6.63. The van der Waals surface area contributed by atoms with Gasteiger partial charge in [0.1, 0.15) is 0 Å². The van der Waals surface area contributed by atoms with Crippen molar-refractivity contribution < 1.29 is 9.84 Å². The van der Waals surface area contributed by atoms with Crippen molar-refractivity contribution in [3.05, 3.63) is 34.9 Å². The van der Waals surface area contributed by atoms with Crippen LogP contribution in [0.5, 0.6) is 0 Å². The normalized spacial score (nSPS) is 29.4. The molecule has 0 aromatic heterocycles. The van der Waals surface area contributed by atoms with Crippen molar-refractivity contribution in [3.8, 4) is 0 Å². The zero-order valence-corrected chi connectivity index (χ0v) is 13.3. The minimum Gasteiger partial charge on any atom is -0.361 e. The van der Waals surface area contributed by atoms with Gasteiger partial charge < -0.3 is 15.2 Å². The van der Waals surface area contributed by atoms with Gasteiger partial charge in [0.2, 0.25) is 5.79 Å². The third kappa shape index (κ3) is 2.90. The molecule has 1 aromatic rings. The standard InChI is InChI=1S/C17H27NO2/c1-6-7-14-8-9-15(10-12(14)2)17(19)13(3)18-16(4,5)11-20-17/h8-10,13,18-19H,6-7,11H2,1-5H3. The molecular formula is C17H27NO2. The first-order chi connectivity index (χ1) is 9.28. The molecule has 0 bridgehead atoms. The molecule has 0 aliphatic carbocycles. The molecular weight excluding hydrogens is 250 g/mol. The first-order valence-corrected chi connectivity index (χ1v) is 7.52. The van der Waals surface area contributed by atoms with Crippen LogP contribution in [0.1, 0.15) is 50.8 Å². The highest BCUT2D eigenvalue weighted by atomic mass is 16.6. The van der Waals surface area contributed by atoms with E-state index < -0.39 is 5.79 Å². The number of hydrogen-bond donors (Lipinski definition) is 2. The average Bonchev–Trinajstić information content (AvgIpc) is 2.37. The first-order valence-electron chi connectivity index (χ1n) is 7.52. The van der Waals surface area contributed by atoms with Crippen LogP contribution >= 0.6 is 0 Å². The van der Waals surface area contributed by atoms with Crippen molar-refractivity contribution >= 4 is 0 Å². The Morgan fingerprint density at radius 1 is 1.40 bits per heavy atom. The van der Waals surface area contributed by atoms with Gasteiger partial charge in [-0.3, -0.25) is 0 Å². The van der Waals surface area contributed by atoms with Gasteiger partial charge in [-0.25, -0.2) is 0 Å². The highest BCUT2D eigenvalue weighted by Gasteiger charge is 2.44. The van der Waals surface area contributed by atoms with Gasteiger partial charge in [-0.2, -0.15) is 0 Å². The highest BCUT2D eigenvalue weighted by molar-refractivity contribution is 5.34. The SMILES string of the molecule is CCCc1ccc(C2(O)OCC(C)(C)NC2C)cc1C. The summed E-state index contributed by atoms with van der Waals surface area (Å²) < 4.78 is 5.83. The van der Waals surface area contributed by atoms with Crippen molar-refractivity contribution in [2.45, 2.75) is 64.8 Å². The molecule has 1 aliphatic heterocycles.